The van der Waals surface area contributed by atoms with Gasteiger partial charge in [-0.3, -0.25) is 14.7 Å². The number of hydrogen-bond donors (Lipinski definition) is 1. The number of piperazine rings is 1. The first-order chi connectivity index (χ1) is 15.0. The molecule has 1 N–H and O–H groups in total. The number of amides is 1. The van der Waals surface area contributed by atoms with Crippen LogP contribution >= 0.6 is 0 Å². The second-order valence-corrected chi connectivity index (χ2v) is 9.61. The fourth-order valence-corrected chi connectivity index (χ4v) is 4.85. The Morgan fingerprint density at radius 2 is 1.77 bits per heavy atom. The third kappa shape index (κ3) is 7.91. The summed E-state index contributed by atoms with van der Waals surface area (Å²) >= 11 is 0. The van der Waals surface area contributed by atoms with Gasteiger partial charge in [0.25, 0.3) is 0 Å². The molecule has 178 valence electrons. The Kier molecular flexibility index (Phi) is 9.87. The Hall–Kier alpha value is -1.38. The molecule has 31 heavy (non-hydrogen) atoms. The summed E-state index contributed by atoms with van der Waals surface area (Å²) < 4.78 is 5.36. The van der Waals surface area contributed by atoms with Crippen LogP contribution in [0.2, 0.25) is 0 Å². The average molecular weight is 437 g/mol. The molecule has 8 nitrogen and oxygen atoms in total. The van der Waals surface area contributed by atoms with Crippen molar-refractivity contribution in [3.8, 4) is 0 Å². The molecule has 3 saturated heterocycles. The third-order valence-corrected chi connectivity index (χ3v) is 6.46. The van der Waals surface area contributed by atoms with Gasteiger partial charge >= 0.3 is 0 Å². The van der Waals surface area contributed by atoms with Gasteiger partial charge in [-0.1, -0.05) is 13.8 Å². The highest BCUT2D eigenvalue weighted by Gasteiger charge is 2.25. The second kappa shape index (κ2) is 12.6. The van der Waals surface area contributed by atoms with Gasteiger partial charge in [-0.15, -0.1) is 0 Å². The number of aliphatic imine (C=N–C) groups is 1. The van der Waals surface area contributed by atoms with Gasteiger partial charge in [0.2, 0.25) is 5.91 Å². The van der Waals surface area contributed by atoms with E-state index >= 15 is 0 Å². The van der Waals surface area contributed by atoms with Crippen LogP contribution in [0.4, 0.5) is 0 Å². The van der Waals surface area contributed by atoms with Crippen molar-refractivity contribution in [3.05, 3.63) is 0 Å². The maximum Gasteiger partial charge on any atom is 0.236 e. The van der Waals surface area contributed by atoms with E-state index in [1.807, 2.05) is 4.90 Å². The monoisotopic (exact) mass is 436 g/mol. The average Bonchev–Trinajstić information content (AvgIpc) is 2.77. The van der Waals surface area contributed by atoms with E-state index in [4.69, 9.17) is 9.73 Å². The van der Waals surface area contributed by atoms with E-state index < -0.39 is 0 Å². The highest BCUT2D eigenvalue weighted by molar-refractivity contribution is 5.80. The van der Waals surface area contributed by atoms with Gasteiger partial charge < -0.3 is 24.8 Å². The second-order valence-electron chi connectivity index (χ2n) is 9.61. The van der Waals surface area contributed by atoms with Crippen LogP contribution in [-0.2, 0) is 9.53 Å². The topological polar surface area (TPSA) is 63.7 Å². The summed E-state index contributed by atoms with van der Waals surface area (Å²) in [5, 5.41) is 3.50. The quantitative estimate of drug-likeness (QED) is 0.470. The van der Waals surface area contributed by atoms with E-state index in [1.165, 1.54) is 32.5 Å². The molecule has 0 bridgehead atoms. The Balaban J connectivity index is 1.45. The number of nitrogens with zero attached hydrogens (tertiary/aromatic N) is 5. The fourth-order valence-electron chi connectivity index (χ4n) is 4.85. The molecular weight excluding hydrogens is 392 g/mol. The largest absolute Gasteiger partial charge is 0.378 e. The molecule has 0 aromatic rings. The molecule has 0 spiro atoms. The van der Waals surface area contributed by atoms with E-state index in [-0.39, 0.29) is 5.91 Å². The summed E-state index contributed by atoms with van der Waals surface area (Å²) in [6.45, 7) is 19.1. The lowest BCUT2D eigenvalue weighted by molar-refractivity contribution is -0.136. The molecule has 0 aromatic carbocycles. The van der Waals surface area contributed by atoms with Crippen LogP contribution in [0, 0.1) is 11.8 Å². The van der Waals surface area contributed by atoms with Gasteiger partial charge in [0.05, 0.1) is 19.8 Å². The number of guanidine groups is 1. The van der Waals surface area contributed by atoms with Gasteiger partial charge in [-0.2, -0.15) is 0 Å². The van der Waals surface area contributed by atoms with Gasteiger partial charge in [0, 0.05) is 65.4 Å². The van der Waals surface area contributed by atoms with Crippen LogP contribution in [0.3, 0.4) is 0 Å². The van der Waals surface area contributed by atoms with Crippen LogP contribution in [0.15, 0.2) is 4.99 Å². The summed E-state index contributed by atoms with van der Waals surface area (Å²) in [7, 11) is 0. The number of nitrogens with one attached hydrogen (secondary N) is 1. The highest BCUT2D eigenvalue weighted by atomic mass is 16.5. The molecule has 0 saturated carbocycles. The number of hydrogen-bond acceptors (Lipinski definition) is 5. The van der Waals surface area contributed by atoms with E-state index in [0.717, 1.165) is 64.2 Å². The van der Waals surface area contributed by atoms with Crippen LogP contribution in [0.25, 0.3) is 0 Å². The molecule has 1 amide bonds. The molecular formula is C23H44N6O2. The van der Waals surface area contributed by atoms with Crippen molar-refractivity contribution in [1.29, 1.82) is 0 Å². The standard InChI is InChI=1S/C23H44N6O2/c1-4-24-23(25-16-21-6-5-7-27(18-21)17-20(2)3)29-10-8-26(9-11-29)19-22(30)28-12-14-31-15-13-28/h20-21H,4-19H2,1-3H3,(H,24,25). The maximum absolute atomic E-state index is 12.5. The Bertz CT molecular complexity index is 570. The van der Waals surface area contributed by atoms with E-state index in [0.29, 0.717) is 25.7 Å². The minimum atomic E-state index is 0.237. The molecule has 1 atom stereocenters. The van der Waals surface area contributed by atoms with E-state index in [9.17, 15) is 4.79 Å². The van der Waals surface area contributed by atoms with Crippen molar-refractivity contribution in [2.45, 2.75) is 33.6 Å². The smallest absolute Gasteiger partial charge is 0.236 e. The number of rotatable bonds is 7. The number of likely N-dealkylation sites (tertiary alicyclic amines) is 1. The zero-order chi connectivity index (χ0) is 22.1. The van der Waals surface area contributed by atoms with Crippen LogP contribution < -0.4 is 5.32 Å². The third-order valence-electron chi connectivity index (χ3n) is 6.46. The van der Waals surface area contributed by atoms with Crippen molar-refractivity contribution in [3.63, 3.8) is 0 Å². The molecule has 8 heteroatoms. The molecule has 3 fully saturated rings. The van der Waals surface area contributed by atoms with Crippen LogP contribution in [0.5, 0.6) is 0 Å². The Morgan fingerprint density at radius 3 is 2.45 bits per heavy atom. The molecule has 1 unspecified atom stereocenters. The first kappa shape index (κ1) is 24.3. The minimum absolute atomic E-state index is 0.237. The first-order valence-corrected chi connectivity index (χ1v) is 12.4. The SMILES string of the molecule is CCNC(=NCC1CCCN(CC(C)C)C1)N1CCN(CC(=O)N2CCOCC2)CC1. The number of carbonyl (C=O) groups is 1. The highest BCUT2D eigenvalue weighted by Crippen LogP contribution is 2.18. The molecule has 3 rings (SSSR count). The van der Waals surface area contributed by atoms with Crippen molar-refractivity contribution < 1.29 is 9.53 Å². The van der Waals surface area contributed by atoms with E-state index in [1.54, 1.807) is 0 Å². The van der Waals surface area contributed by atoms with Crippen molar-refractivity contribution in [2.75, 3.05) is 91.8 Å². The van der Waals surface area contributed by atoms with Crippen molar-refractivity contribution >= 4 is 11.9 Å². The lowest BCUT2D eigenvalue weighted by Gasteiger charge is -2.38. The molecule has 0 aliphatic carbocycles. The number of morpholine rings is 1. The first-order valence-electron chi connectivity index (χ1n) is 12.4. The minimum Gasteiger partial charge on any atom is -0.378 e. The fraction of sp³-hybridized carbons (Fsp3) is 0.913. The number of ether oxygens (including phenoxy) is 1. The molecule has 3 heterocycles. The summed E-state index contributed by atoms with van der Waals surface area (Å²) in [6, 6.07) is 0. The molecule has 3 aliphatic heterocycles. The lowest BCUT2D eigenvalue weighted by Crippen LogP contribution is -2.55. The summed E-state index contributed by atoms with van der Waals surface area (Å²) in [5.74, 6) is 2.67. The van der Waals surface area contributed by atoms with Gasteiger partial charge in [0.15, 0.2) is 5.96 Å². The van der Waals surface area contributed by atoms with Gasteiger partial charge in [0.1, 0.15) is 0 Å². The number of piperidine rings is 1. The normalized spacial score (nSPS) is 24.6. The molecule has 0 aromatic heterocycles. The number of carbonyl (C=O) groups excluding carboxylic acids is 1. The lowest BCUT2D eigenvalue weighted by atomic mass is 9.97. The summed E-state index contributed by atoms with van der Waals surface area (Å²) in [4.78, 5) is 26.8. The van der Waals surface area contributed by atoms with Gasteiger partial charge in [-0.25, -0.2) is 0 Å². The zero-order valence-electron chi connectivity index (χ0n) is 20.0. The predicted molar refractivity (Wildman–Crippen MR) is 125 cm³/mol. The van der Waals surface area contributed by atoms with Crippen LogP contribution in [0.1, 0.15) is 33.6 Å². The molecule has 3 aliphatic rings. The maximum atomic E-state index is 12.5. The summed E-state index contributed by atoms with van der Waals surface area (Å²) in [6.07, 6.45) is 2.58. The van der Waals surface area contributed by atoms with E-state index in [2.05, 4.69) is 40.8 Å². The zero-order valence-corrected chi connectivity index (χ0v) is 20.0. The van der Waals surface area contributed by atoms with Gasteiger partial charge in [-0.05, 0) is 38.1 Å². The molecule has 0 radical (unpaired) electrons. The Morgan fingerprint density at radius 1 is 1.03 bits per heavy atom. The summed E-state index contributed by atoms with van der Waals surface area (Å²) in [5.41, 5.74) is 0. The Labute approximate surface area is 189 Å². The predicted octanol–water partition coefficient (Wildman–Crippen LogP) is 0.796. The van der Waals surface area contributed by atoms with Crippen LogP contribution in [-0.4, -0.2) is 123 Å². The van der Waals surface area contributed by atoms with Crippen molar-refractivity contribution in [2.24, 2.45) is 16.8 Å². The van der Waals surface area contributed by atoms with Crippen molar-refractivity contribution in [1.82, 2.24) is 24.9 Å².